The van der Waals surface area contributed by atoms with Crippen LogP contribution < -0.4 is 10.6 Å². The van der Waals surface area contributed by atoms with Crippen molar-refractivity contribution in [3.63, 3.8) is 0 Å². The molecule has 150 valence electrons. The SMILES string of the molecule is N[C@H]1CS(=O)(=O)c2cc(F)c(-c3ccn[nH]3)cc2N(Cc2ccc(Cl)cc2)C1=O. The fraction of sp³-hybridized carbons (Fsp3) is 0.158. The third kappa shape index (κ3) is 3.64. The summed E-state index contributed by atoms with van der Waals surface area (Å²) in [6.07, 6.45) is 1.45. The number of hydrogen-bond donors (Lipinski definition) is 2. The molecule has 1 aliphatic rings. The zero-order valence-corrected chi connectivity index (χ0v) is 16.5. The average molecular weight is 435 g/mol. The molecule has 0 fully saturated rings. The fourth-order valence-electron chi connectivity index (χ4n) is 3.27. The zero-order chi connectivity index (χ0) is 20.8. The number of aromatic amines is 1. The van der Waals surface area contributed by atoms with Gasteiger partial charge in [0.15, 0.2) is 9.84 Å². The van der Waals surface area contributed by atoms with Crippen molar-refractivity contribution >= 4 is 33.0 Å². The Balaban J connectivity index is 1.91. The monoisotopic (exact) mass is 434 g/mol. The molecule has 0 saturated carbocycles. The molecule has 0 saturated heterocycles. The standard InChI is InChI=1S/C19H16ClFN4O3S/c20-12-3-1-11(2-4-12)9-25-17-7-13(16-5-6-23-24-16)14(21)8-18(17)29(27,28)10-15(22)19(25)26/h1-8,15H,9-10,22H2,(H,23,24)/t15-/m0/s1. The normalized spacial score (nSPS) is 18.4. The highest BCUT2D eigenvalue weighted by Gasteiger charge is 2.37. The predicted octanol–water partition coefficient (Wildman–Crippen LogP) is 2.52. The Morgan fingerprint density at radius 2 is 1.97 bits per heavy atom. The number of halogens is 2. The number of nitrogens with one attached hydrogen (secondary N) is 1. The minimum absolute atomic E-state index is 0.0558. The number of fused-ring (bicyclic) bond motifs is 1. The minimum atomic E-state index is -3.98. The van der Waals surface area contributed by atoms with Crippen LogP contribution in [0.3, 0.4) is 0 Å². The molecule has 10 heteroatoms. The average Bonchev–Trinajstić information content (AvgIpc) is 3.19. The van der Waals surface area contributed by atoms with Crippen LogP contribution in [0.5, 0.6) is 0 Å². The number of nitrogens with two attached hydrogens (primary N) is 1. The lowest BCUT2D eigenvalue weighted by atomic mass is 10.1. The van der Waals surface area contributed by atoms with Crippen molar-refractivity contribution in [3.05, 3.63) is 65.1 Å². The third-order valence-electron chi connectivity index (χ3n) is 4.70. The molecule has 3 aromatic rings. The summed E-state index contributed by atoms with van der Waals surface area (Å²) in [6, 6.07) is 9.32. The molecule has 1 amide bonds. The van der Waals surface area contributed by atoms with Crippen molar-refractivity contribution in [1.82, 2.24) is 10.2 Å². The Kier molecular flexibility index (Phi) is 4.89. The molecule has 0 aliphatic carbocycles. The summed E-state index contributed by atoms with van der Waals surface area (Å²) in [5.41, 5.74) is 7.11. The summed E-state index contributed by atoms with van der Waals surface area (Å²) in [7, 11) is -3.98. The maximum atomic E-state index is 14.7. The van der Waals surface area contributed by atoms with Crippen molar-refractivity contribution in [2.75, 3.05) is 10.7 Å². The molecule has 1 aliphatic heterocycles. The molecular formula is C19H16ClFN4O3S. The number of amides is 1. The number of carbonyl (C=O) groups excluding carboxylic acids is 1. The molecule has 0 unspecified atom stereocenters. The Bertz CT molecular complexity index is 1180. The van der Waals surface area contributed by atoms with Crippen LogP contribution in [-0.4, -0.2) is 36.3 Å². The van der Waals surface area contributed by atoms with Crippen LogP contribution in [0.15, 0.2) is 53.6 Å². The smallest absolute Gasteiger partial charge is 0.245 e. The largest absolute Gasteiger partial charge is 0.319 e. The van der Waals surface area contributed by atoms with E-state index in [9.17, 15) is 17.6 Å². The molecule has 29 heavy (non-hydrogen) atoms. The maximum absolute atomic E-state index is 14.7. The molecule has 1 aromatic heterocycles. The number of anilines is 1. The topological polar surface area (TPSA) is 109 Å². The molecule has 2 heterocycles. The quantitative estimate of drug-likeness (QED) is 0.658. The summed E-state index contributed by atoms with van der Waals surface area (Å²) in [4.78, 5) is 13.9. The third-order valence-corrected chi connectivity index (χ3v) is 6.75. The summed E-state index contributed by atoms with van der Waals surface area (Å²) < 4.78 is 40.3. The Labute approximate surface area is 171 Å². The first-order valence-corrected chi connectivity index (χ1v) is 10.7. The van der Waals surface area contributed by atoms with Gasteiger partial charge in [-0.2, -0.15) is 5.10 Å². The van der Waals surface area contributed by atoms with Gasteiger partial charge in [-0.15, -0.1) is 0 Å². The van der Waals surface area contributed by atoms with Gasteiger partial charge >= 0.3 is 0 Å². The Hall–Kier alpha value is -2.75. The van der Waals surface area contributed by atoms with Gasteiger partial charge in [0.05, 0.1) is 34.6 Å². The van der Waals surface area contributed by atoms with Gasteiger partial charge in [-0.1, -0.05) is 23.7 Å². The predicted molar refractivity (Wildman–Crippen MR) is 107 cm³/mol. The Morgan fingerprint density at radius 1 is 1.24 bits per heavy atom. The van der Waals surface area contributed by atoms with Crippen molar-refractivity contribution in [2.24, 2.45) is 5.73 Å². The van der Waals surface area contributed by atoms with E-state index < -0.39 is 33.4 Å². The number of hydrogen-bond acceptors (Lipinski definition) is 5. The van der Waals surface area contributed by atoms with E-state index in [1.807, 2.05) is 0 Å². The van der Waals surface area contributed by atoms with Crippen molar-refractivity contribution in [1.29, 1.82) is 0 Å². The van der Waals surface area contributed by atoms with Gasteiger partial charge < -0.3 is 10.6 Å². The van der Waals surface area contributed by atoms with Gasteiger partial charge in [0.25, 0.3) is 0 Å². The first-order valence-electron chi connectivity index (χ1n) is 8.64. The van der Waals surface area contributed by atoms with E-state index >= 15 is 0 Å². The first kappa shape index (κ1) is 19.6. The van der Waals surface area contributed by atoms with Crippen LogP contribution in [0.1, 0.15) is 5.56 Å². The van der Waals surface area contributed by atoms with Crippen LogP contribution in [0.2, 0.25) is 5.02 Å². The van der Waals surface area contributed by atoms with Crippen LogP contribution >= 0.6 is 11.6 Å². The second-order valence-corrected chi connectivity index (χ2v) is 9.15. The zero-order valence-electron chi connectivity index (χ0n) is 15.0. The maximum Gasteiger partial charge on any atom is 0.245 e. The van der Waals surface area contributed by atoms with Crippen molar-refractivity contribution in [2.45, 2.75) is 17.5 Å². The first-order chi connectivity index (χ1) is 13.8. The number of H-pyrrole nitrogens is 1. The van der Waals surface area contributed by atoms with Crippen LogP contribution in [-0.2, 0) is 21.2 Å². The van der Waals surface area contributed by atoms with Gasteiger partial charge in [-0.25, -0.2) is 12.8 Å². The van der Waals surface area contributed by atoms with E-state index in [4.69, 9.17) is 17.3 Å². The molecule has 2 aromatic carbocycles. The van der Waals surface area contributed by atoms with Crippen LogP contribution in [0.25, 0.3) is 11.3 Å². The van der Waals surface area contributed by atoms with E-state index in [2.05, 4.69) is 10.2 Å². The molecule has 3 N–H and O–H groups in total. The molecule has 0 radical (unpaired) electrons. The highest BCUT2D eigenvalue weighted by Crippen LogP contribution is 2.36. The number of rotatable bonds is 3. The highest BCUT2D eigenvalue weighted by atomic mass is 35.5. The van der Waals surface area contributed by atoms with E-state index in [1.165, 1.54) is 17.2 Å². The van der Waals surface area contributed by atoms with Gasteiger partial charge in [0.2, 0.25) is 5.91 Å². The molecule has 0 bridgehead atoms. The number of aromatic nitrogens is 2. The second-order valence-electron chi connectivity index (χ2n) is 6.71. The molecule has 4 rings (SSSR count). The number of sulfone groups is 1. The fourth-order valence-corrected chi connectivity index (χ4v) is 4.96. The van der Waals surface area contributed by atoms with Gasteiger partial charge in [0, 0.05) is 16.8 Å². The summed E-state index contributed by atoms with van der Waals surface area (Å²) in [5, 5.41) is 6.97. The van der Waals surface area contributed by atoms with Crippen LogP contribution in [0, 0.1) is 5.82 Å². The second kappa shape index (κ2) is 7.25. The number of nitrogens with zero attached hydrogens (tertiary/aromatic N) is 2. The lowest BCUT2D eigenvalue weighted by Gasteiger charge is -2.25. The van der Waals surface area contributed by atoms with E-state index in [1.54, 1.807) is 30.3 Å². The summed E-state index contributed by atoms with van der Waals surface area (Å²) in [6.45, 7) is 0.0558. The van der Waals surface area contributed by atoms with Crippen LogP contribution in [0.4, 0.5) is 10.1 Å². The van der Waals surface area contributed by atoms with Gasteiger partial charge in [-0.05, 0) is 35.9 Å². The molecule has 1 atom stereocenters. The highest BCUT2D eigenvalue weighted by molar-refractivity contribution is 7.91. The van der Waals surface area contributed by atoms with Gasteiger partial charge in [-0.3, -0.25) is 9.89 Å². The summed E-state index contributed by atoms with van der Waals surface area (Å²) >= 11 is 5.92. The lowest BCUT2D eigenvalue weighted by Crippen LogP contribution is -2.45. The lowest BCUT2D eigenvalue weighted by molar-refractivity contribution is -0.119. The Morgan fingerprint density at radius 3 is 2.62 bits per heavy atom. The number of benzene rings is 2. The molecule has 0 spiro atoms. The van der Waals surface area contributed by atoms with Crippen molar-refractivity contribution in [3.8, 4) is 11.3 Å². The summed E-state index contributed by atoms with van der Waals surface area (Å²) in [5.74, 6) is -1.91. The van der Waals surface area contributed by atoms with Gasteiger partial charge in [0.1, 0.15) is 5.82 Å². The number of carbonyl (C=O) groups is 1. The minimum Gasteiger partial charge on any atom is -0.319 e. The van der Waals surface area contributed by atoms with E-state index in [-0.39, 0.29) is 22.7 Å². The van der Waals surface area contributed by atoms with Crippen molar-refractivity contribution < 1.29 is 17.6 Å². The van der Waals surface area contributed by atoms with E-state index in [0.29, 0.717) is 16.3 Å². The molecular weight excluding hydrogens is 419 g/mol. The van der Waals surface area contributed by atoms with E-state index in [0.717, 1.165) is 6.07 Å². The molecule has 7 nitrogen and oxygen atoms in total.